The third-order valence-corrected chi connectivity index (χ3v) is 4.86. The standard InChI is InChI=1S/C25H24N2O4/c1-25(2,24(28)27-16-20-7-10-22-23(15-20)30-17-29-22)31-21-8-5-18(6-9-21)3-4-19-11-13-26-14-12-19/h3-15H,16-17H2,1-2H3,(H,27,28)/b4-3+. The van der Waals surface area contributed by atoms with Gasteiger partial charge in [0.25, 0.3) is 5.91 Å². The Morgan fingerprint density at radius 3 is 2.42 bits per heavy atom. The summed E-state index contributed by atoms with van der Waals surface area (Å²) in [4.78, 5) is 16.7. The van der Waals surface area contributed by atoms with Crippen LogP contribution in [0.25, 0.3) is 12.2 Å². The molecule has 1 aromatic heterocycles. The Bertz CT molecular complexity index is 1080. The first-order chi connectivity index (χ1) is 15.0. The molecule has 31 heavy (non-hydrogen) atoms. The van der Waals surface area contributed by atoms with Gasteiger partial charge in [0.2, 0.25) is 6.79 Å². The zero-order valence-corrected chi connectivity index (χ0v) is 17.5. The molecule has 0 saturated carbocycles. The van der Waals surface area contributed by atoms with Crippen LogP contribution in [0, 0.1) is 0 Å². The normalized spacial score (nSPS) is 12.7. The number of aromatic nitrogens is 1. The van der Waals surface area contributed by atoms with E-state index in [2.05, 4.69) is 10.3 Å². The minimum Gasteiger partial charge on any atom is -0.478 e. The molecule has 1 amide bonds. The molecule has 158 valence electrons. The number of hydrogen-bond donors (Lipinski definition) is 1. The molecule has 0 radical (unpaired) electrons. The van der Waals surface area contributed by atoms with E-state index < -0.39 is 5.60 Å². The third kappa shape index (κ3) is 5.22. The molecule has 0 atom stereocenters. The van der Waals surface area contributed by atoms with Gasteiger partial charge in [0, 0.05) is 18.9 Å². The summed E-state index contributed by atoms with van der Waals surface area (Å²) in [6.07, 6.45) is 7.56. The summed E-state index contributed by atoms with van der Waals surface area (Å²) in [6.45, 7) is 4.10. The number of carbonyl (C=O) groups excluding carboxylic acids is 1. The second-order valence-corrected chi connectivity index (χ2v) is 7.67. The summed E-state index contributed by atoms with van der Waals surface area (Å²) in [6, 6.07) is 17.1. The summed E-state index contributed by atoms with van der Waals surface area (Å²) in [5.41, 5.74) is 2.02. The highest BCUT2D eigenvalue weighted by atomic mass is 16.7. The van der Waals surface area contributed by atoms with E-state index in [1.165, 1.54) is 0 Å². The van der Waals surface area contributed by atoms with E-state index in [1.54, 1.807) is 26.2 Å². The van der Waals surface area contributed by atoms with Gasteiger partial charge in [-0.3, -0.25) is 9.78 Å². The molecule has 2 aromatic carbocycles. The molecule has 6 nitrogen and oxygen atoms in total. The van der Waals surface area contributed by atoms with Crippen molar-refractivity contribution in [2.45, 2.75) is 26.0 Å². The van der Waals surface area contributed by atoms with E-state index in [4.69, 9.17) is 14.2 Å². The fraction of sp³-hybridized carbons (Fsp3) is 0.200. The number of amides is 1. The largest absolute Gasteiger partial charge is 0.478 e. The van der Waals surface area contributed by atoms with Gasteiger partial charge in [0.15, 0.2) is 17.1 Å². The van der Waals surface area contributed by atoms with E-state index in [0.717, 1.165) is 22.4 Å². The fourth-order valence-corrected chi connectivity index (χ4v) is 3.10. The smallest absolute Gasteiger partial charge is 0.263 e. The highest BCUT2D eigenvalue weighted by molar-refractivity contribution is 5.84. The van der Waals surface area contributed by atoms with Gasteiger partial charge in [-0.25, -0.2) is 0 Å². The van der Waals surface area contributed by atoms with Crippen LogP contribution in [0.3, 0.4) is 0 Å². The molecule has 0 saturated heterocycles. The van der Waals surface area contributed by atoms with Crippen molar-refractivity contribution in [3.8, 4) is 17.2 Å². The topological polar surface area (TPSA) is 69.7 Å². The van der Waals surface area contributed by atoms with Crippen LogP contribution in [-0.4, -0.2) is 23.3 Å². The Hall–Kier alpha value is -3.80. The lowest BCUT2D eigenvalue weighted by Gasteiger charge is -2.25. The number of nitrogens with one attached hydrogen (secondary N) is 1. The Morgan fingerprint density at radius 2 is 1.68 bits per heavy atom. The number of carbonyl (C=O) groups is 1. The van der Waals surface area contributed by atoms with Crippen molar-refractivity contribution in [1.29, 1.82) is 0 Å². The summed E-state index contributed by atoms with van der Waals surface area (Å²) in [7, 11) is 0. The van der Waals surface area contributed by atoms with Crippen molar-refractivity contribution in [3.63, 3.8) is 0 Å². The summed E-state index contributed by atoms with van der Waals surface area (Å²) < 4.78 is 16.6. The molecule has 0 unspecified atom stereocenters. The molecule has 4 rings (SSSR count). The maximum Gasteiger partial charge on any atom is 0.263 e. The van der Waals surface area contributed by atoms with Crippen molar-refractivity contribution >= 4 is 18.1 Å². The quantitative estimate of drug-likeness (QED) is 0.616. The van der Waals surface area contributed by atoms with Crippen LogP contribution in [0.15, 0.2) is 67.0 Å². The Kier molecular flexibility index (Phi) is 5.89. The van der Waals surface area contributed by atoms with Crippen LogP contribution in [0.2, 0.25) is 0 Å². The van der Waals surface area contributed by atoms with Gasteiger partial charge in [0.05, 0.1) is 0 Å². The first kappa shape index (κ1) is 20.5. The van der Waals surface area contributed by atoms with Crippen LogP contribution in [-0.2, 0) is 11.3 Å². The molecule has 2 heterocycles. The van der Waals surface area contributed by atoms with Gasteiger partial charge in [-0.2, -0.15) is 0 Å². The van der Waals surface area contributed by atoms with Crippen LogP contribution >= 0.6 is 0 Å². The van der Waals surface area contributed by atoms with Crippen molar-refractivity contribution in [1.82, 2.24) is 10.3 Å². The van der Waals surface area contributed by atoms with Gasteiger partial charge in [-0.1, -0.05) is 30.4 Å². The number of pyridine rings is 1. The molecular weight excluding hydrogens is 392 g/mol. The van der Waals surface area contributed by atoms with Crippen molar-refractivity contribution < 1.29 is 19.0 Å². The lowest BCUT2D eigenvalue weighted by atomic mass is 10.1. The number of fused-ring (bicyclic) bond motifs is 1. The van der Waals surface area contributed by atoms with Crippen LogP contribution in [0.4, 0.5) is 0 Å². The van der Waals surface area contributed by atoms with Gasteiger partial charge in [-0.15, -0.1) is 0 Å². The van der Waals surface area contributed by atoms with E-state index in [0.29, 0.717) is 18.0 Å². The first-order valence-electron chi connectivity index (χ1n) is 10.0. The maximum absolute atomic E-state index is 12.7. The molecule has 3 aromatic rings. The van der Waals surface area contributed by atoms with Gasteiger partial charge < -0.3 is 19.5 Å². The average Bonchev–Trinajstić information content (AvgIpc) is 3.25. The molecule has 6 heteroatoms. The minimum absolute atomic E-state index is 0.202. The molecular formula is C25H24N2O4. The zero-order valence-electron chi connectivity index (χ0n) is 17.5. The van der Waals surface area contributed by atoms with E-state index in [-0.39, 0.29) is 12.7 Å². The van der Waals surface area contributed by atoms with Gasteiger partial charge >= 0.3 is 0 Å². The third-order valence-electron chi connectivity index (χ3n) is 4.86. The predicted octanol–water partition coefficient (Wildman–Crippen LogP) is 4.45. The van der Waals surface area contributed by atoms with E-state index in [1.807, 2.05) is 66.7 Å². The summed E-state index contributed by atoms with van der Waals surface area (Å²) in [5.74, 6) is 1.84. The Balaban J connectivity index is 1.33. The van der Waals surface area contributed by atoms with Crippen molar-refractivity contribution in [2.24, 2.45) is 0 Å². The average molecular weight is 416 g/mol. The van der Waals surface area contributed by atoms with Gasteiger partial charge in [-0.05, 0) is 66.9 Å². The van der Waals surface area contributed by atoms with E-state index in [9.17, 15) is 4.79 Å². The molecule has 0 aliphatic carbocycles. The lowest BCUT2D eigenvalue weighted by Crippen LogP contribution is -2.46. The second-order valence-electron chi connectivity index (χ2n) is 7.67. The van der Waals surface area contributed by atoms with Gasteiger partial charge in [0.1, 0.15) is 5.75 Å². The monoisotopic (exact) mass is 416 g/mol. The maximum atomic E-state index is 12.7. The van der Waals surface area contributed by atoms with Crippen molar-refractivity contribution in [3.05, 3.63) is 83.7 Å². The number of hydrogen-bond acceptors (Lipinski definition) is 5. The fourth-order valence-electron chi connectivity index (χ4n) is 3.10. The molecule has 1 N–H and O–H groups in total. The first-order valence-corrected chi connectivity index (χ1v) is 10.0. The molecule has 0 fully saturated rings. The molecule has 0 bridgehead atoms. The second kappa shape index (κ2) is 8.92. The molecule has 0 spiro atoms. The molecule has 1 aliphatic heterocycles. The predicted molar refractivity (Wildman–Crippen MR) is 119 cm³/mol. The number of benzene rings is 2. The highest BCUT2D eigenvalue weighted by Crippen LogP contribution is 2.32. The van der Waals surface area contributed by atoms with Crippen molar-refractivity contribution in [2.75, 3.05) is 6.79 Å². The van der Waals surface area contributed by atoms with Crippen LogP contribution in [0.1, 0.15) is 30.5 Å². The van der Waals surface area contributed by atoms with Crippen LogP contribution in [0.5, 0.6) is 17.2 Å². The lowest BCUT2D eigenvalue weighted by molar-refractivity contribution is -0.134. The highest BCUT2D eigenvalue weighted by Gasteiger charge is 2.29. The van der Waals surface area contributed by atoms with E-state index >= 15 is 0 Å². The Morgan fingerprint density at radius 1 is 1.00 bits per heavy atom. The molecule has 1 aliphatic rings. The number of rotatable bonds is 7. The summed E-state index contributed by atoms with van der Waals surface area (Å²) >= 11 is 0. The Labute approximate surface area is 181 Å². The van der Waals surface area contributed by atoms with Crippen LogP contribution < -0.4 is 19.5 Å². The summed E-state index contributed by atoms with van der Waals surface area (Å²) in [5, 5.41) is 2.92. The SMILES string of the molecule is CC(C)(Oc1ccc(/C=C/c2ccncc2)cc1)C(=O)NCc1ccc2c(c1)OCO2. The number of ether oxygens (including phenoxy) is 3. The minimum atomic E-state index is -1.02. The number of nitrogens with zero attached hydrogens (tertiary/aromatic N) is 1. The zero-order chi connectivity index (χ0) is 21.7.